The van der Waals surface area contributed by atoms with Crippen LogP contribution in [0.4, 0.5) is 10.5 Å². The molecule has 0 aliphatic rings. The molecule has 0 radical (unpaired) electrons. The molecule has 182 valence electrons. The van der Waals surface area contributed by atoms with Gasteiger partial charge in [-0.15, -0.1) is 0 Å². The van der Waals surface area contributed by atoms with Crippen molar-refractivity contribution in [3.63, 3.8) is 0 Å². The van der Waals surface area contributed by atoms with Gasteiger partial charge in [-0.05, 0) is 35.4 Å². The molecule has 2 amide bonds. The summed E-state index contributed by atoms with van der Waals surface area (Å²) in [4.78, 5) is 13.0. The molecular weight excluding hydrogens is 412 g/mol. The van der Waals surface area contributed by atoms with Gasteiger partial charge in [0.05, 0.1) is 14.2 Å². The lowest BCUT2D eigenvalue weighted by Gasteiger charge is -2.23. The highest BCUT2D eigenvalue weighted by Crippen LogP contribution is 2.37. The standard InChI is InChI=1S/C28H42N2O3/c1-8-9-10-13-21(24-16-12-17-25(32-6)27(24)33-7)18-29-28(31)30-26-22(19(2)3)14-11-15-23(26)20(4)5/h11-12,14-17,19-21H,8-10,13,18H2,1-7H3,(H2,29,30,31). The molecule has 1 atom stereocenters. The Balaban J connectivity index is 2.23. The first-order chi connectivity index (χ1) is 15.8. The topological polar surface area (TPSA) is 59.6 Å². The zero-order chi connectivity index (χ0) is 24.4. The molecule has 2 N–H and O–H groups in total. The van der Waals surface area contributed by atoms with Gasteiger partial charge in [0.2, 0.25) is 0 Å². The number of carbonyl (C=O) groups is 1. The smallest absolute Gasteiger partial charge is 0.319 e. The van der Waals surface area contributed by atoms with Crippen LogP contribution in [0.1, 0.15) is 94.7 Å². The zero-order valence-electron chi connectivity index (χ0n) is 21.5. The SMILES string of the molecule is CCCCCC(CNC(=O)Nc1c(C(C)C)cccc1C(C)C)c1cccc(OC)c1OC. The van der Waals surface area contributed by atoms with Crippen LogP contribution in [0, 0.1) is 0 Å². The molecule has 5 nitrogen and oxygen atoms in total. The number of carbonyl (C=O) groups excluding carboxylic acids is 1. The van der Waals surface area contributed by atoms with Crippen LogP contribution >= 0.6 is 0 Å². The number of para-hydroxylation sites is 2. The van der Waals surface area contributed by atoms with Crippen LogP contribution in [-0.2, 0) is 0 Å². The fourth-order valence-corrected chi connectivity index (χ4v) is 4.31. The Labute approximate surface area is 200 Å². The van der Waals surface area contributed by atoms with Crippen molar-refractivity contribution < 1.29 is 14.3 Å². The third-order valence-electron chi connectivity index (χ3n) is 6.15. The highest BCUT2D eigenvalue weighted by Gasteiger charge is 2.21. The summed E-state index contributed by atoms with van der Waals surface area (Å²) in [7, 11) is 3.32. The Morgan fingerprint density at radius 2 is 1.48 bits per heavy atom. The average Bonchev–Trinajstić information content (AvgIpc) is 2.80. The van der Waals surface area contributed by atoms with Gasteiger partial charge in [0.25, 0.3) is 0 Å². The molecule has 2 aromatic rings. The Morgan fingerprint density at radius 1 is 0.879 bits per heavy atom. The summed E-state index contributed by atoms with van der Waals surface area (Å²) in [6.07, 6.45) is 4.38. The molecule has 33 heavy (non-hydrogen) atoms. The van der Waals surface area contributed by atoms with Gasteiger partial charge in [-0.3, -0.25) is 0 Å². The molecule has 0 bridgehead atoms. The van der Waals surface area contributed by atoms with E-state index in [1.807, 2.05) is 12.1 Å². The first kappa shape index (κ1) is 26.6. The molecule has 2 rings (SSSR count). The monoisotopic (exact) mass is 454 g/mol. The second kappa shape index (κ2) is 13.1. The number of amides is 2. The van der Waals surface area contributed by atoms with E-state index in [0.29, 0.717) is 24.1 Å². The zero-order valence-corrected chi connectivity index (χ0v) is 21.5. The second-order valence-corrected chi connectivity index (χ2v) is 9.23. The first-order valence-electron chi connectivity index (χ1n) is 12.2. The second-order valence-electron chi connectivity index (χ2n) is 9.23. The lowest BCUT2D eigenvalue weighted by atomic mass is 9.92. The van der Waals surface area contributed by atoms with E-state index < -0.39 is 0 Å². The van der Waals surface area contributed by atoms with Crippen molar-refractivity contribution >= 4 is 11.7 Å². The van der Waals surface area contributed by atoms with Gasteiger partial charge in [-0.1, -0.05) is 84.2 Å². The fraction of sp³-hybridized carbons (Fsp3) is 0.536. The van der Waals surface area contributed by atoms with E-state index in [4.69, 9.17) is 9.47 Å². The van der Waals surface area contributed by atoms with Crippen LogP contribution in [-0.4, -0.2) is 26.8 Å². The number of benzene rings is 2. The normalized spacial score (nSPS) is 12.0. The van der Waals surface area contributed by atoms with Crippen molar-refractivity contribution in [3.05, 3.63) is 53.1 Å². The molecule has 2 aromatic carbocycles. The van der Waals surface area contributed by atoms with Gasteiger partial charge in [0, 0.05) is 23.7 Å². The van der Waals surface area contributed by atoms with E-state index in [-0.39, 0.29) is 11.9 Å². The van der Waals surface area contributed by atoms with Crippen molar-refractivity contribution in [2.24, 2.45) is 0 Å². The van der Waals surface area contributed by atoms with Crippen LogP contribution in [0.25, 0.3) is 0 Å². The number of nitrogens with one attached hydrogen (secondary N) is 2. The largest absolute Gasteiger partial charge is 0.493 e. The summed E-state index contributed by atoms with van der Waals surface area (Å²) in [5.74, 6) is 2.24. The quantitative estimate of drug-likeness (QED) is 0.328. The minimum atomic E-state index is -0.174. The van der Waals surface area contributed by atoms with E-state index in [2.05, 4.69) is 69.5 Å². The highest BCUT2D eigenvalue weighted by molar-refractivity contribution is 5.91. The number of urea groups is 1. The van der Waals surface area contributed by atoms with Gasteiger partial charge in [-0.25, -0.2) is 4.79 Å². The number of hydrogen-bond acceptors (Lipinski definition) is 3. The van der Waals surface area contributed by atoms with E-state index in [1.165, 1.54) is 0 Å². The van der Waals surface area contributed by atoms with Crippen molar-refractivity contribution in [3.8, 4) is 11.5 Å². The molecule has 1 unspecified atom stereocenters. The third kappa shape index (κ3) is 7.15. The van der Waals surface area contributed by atoms with Crippen LogP contribution in [0.3, 0.4) is 0 Å². The van der Waals surface area contributed by atoms with Gasteiger partial charge in [0.1, 0.15) is 0 Å². The predicted molar refractivity (Wildman–Crippen MR) is 138 cm³/mol. The lowest BCUT2D eigenvalue weighted by Crippen LogP contribution is -2.33. The first-order valence-corrected chi connectivity index (χ1v) is 12.2. The number of hydrogen-bond donors (Lipinski definition) is 2. The molecule has 0 saturated carbocycles. The van der Waals surface area contributed by atoms with Crippen LogP contribution in [0.15, 0.2) is 36.4 Å². The molecule has 0 fully saturated rings. The van der Waals surface area contributed by atoms with E-state index >= 15 is 0 Å². The summed E-state index contributed by atoms with van der Waals surface area (Å²) in [5, 5.41) is 6.29. The van der Waals surface area contributed by atoms with Crippen LogP contribution in [0.5, 0.6) is 11.5 Å². The molecule has 0 spiro atoms. The average molecular weight is 455 g/mol. The van der Waals surface area contributed by atoms with Gasteiger partial charge in [0.15, 0.2) is 11.5 Å². The number of ether oxygens (including phenoxy) is 2. The summed E-state index contributed by atoms with van der Waals surface area (Å²) < 4.78 is 11.2. The Morgan fingerprint density at radius 3 is 2.03 bits per heavy atom. The van der Waals surface area contributed by atoms with E-state index in [1.54, 1.807) is 14.2 Å². The summed E-state index contributed by atoms with van der Waals surface area (Å²) >= 11 is 0. The van der Waals surface area contributed by atoms with E-state index in [0.717, 1.165) is 53.8 Å². The maximum atomic E-state index is 13.0. The van der Waals surface area contributed by atoms with Crippen molar-refractivity contribution in [1.29, 1.82) is 0 Å². The summed E-state index contributed by atoms with van der Waals surface area (Å²) in [5.41, 5.74) is 4.32. The number of rotatable bonds is 12. The molecule has 0 saturated heterocycles. The molecule has 0 aromatic heterocycles. The maximum Gasteiger partial charge on any atom is 0.319 e. The number of anilines is 1. The number of unbranched alkanes of at least 4 members (excludes halogenated alkanes) is 2. The van der Waals surface area contributed by atoms with E-state index in [9.17, 15) is 4.79 Å². The number of methoxy groups -OCH3 is 2. The molecular formula is C28H42N2O3. The Kier molecular flexibility index (Phi) is 10.6. The molecule has 0 aliphatic heterocycles. The summed E-state index contributed by atoms with van der Waals surface area (Å²) in [6.45, 7) is 11.3. The van der Waals surface area contributed by atoms with Crippen LogP contribution < -0.4 is 20.1 Å². The predicted octanol–water partition coefficient (Wildman–Crippen LogP) is 7.44. The third-order valence-corrected chi connectivity index (χ3v) is 6.15. The molecule has 5 heteroatoms. The summed E-state index contributed by atoms with van der Waals surface area (Å²) in [6, 6.07) is 12.1. The Hall–Kier alpha value is -2.69. The minimum absolute atomic E-state index is 0.136. The highest BCUT2D eigenvalue weighted by atomic mass is 16.5. The molecule has 0 aliphatic carbocycles. The lowest BCUT2D eigenvalue weighted by molar-refractivity contribution is 0.251. The Bertz CT molecular complexity index is 866. The van der Waals surface area contributed by atoms with Crippen LogP contribution in [0.2, 0.25) is 0 Å². The van der Waals surface area contributed by atoms with Crippen molar-refractivity contribution in [2.45, 2.75) is 78.1 Å². The van der Waals surface area contributed by atoms with Crippen molar-refractivity contribution in [2.75, 3.05) is 26.1 Å². The van der Waals surface area contributed by atoms with Gasteiger partial charge in [-0.2, -0.15) is 0 Å². The van der Waals surface area contributed by atoms with Gasteiger partial charge < -0.3 is 20.1 Å². The van der Waals surface area contributed by atoms with Gasteiger partial charge >= 0.3 is 6.03 Å². The fourth-order valence-electron chi connectivity index (χ4n) is 4.31. The maximum absolute atomic E-state index is 13.0. The molecule has 0 heterocycles. The minimum Gasteiger partial charge on any atom is -0.493 e. The van der Waals surface area contributed by atoms with Crippen molar-refractivity contribution in [1.82, 2.24) is 5.32 Å².